The number of fused-ring (bicyclic) bond motifs is 1. The van der Waals surface area contributed by atoms with E-state index in [1.54, 1.807) is 11.3 Å². The van der Waals surface area contributed by atoms with E-state index in [4.69, 9.17) is 4.98 Å². The zero-order valence-electron chi connectivity index (χ0n) is 15.4. The Balaban J connectivity index is 1.39. The number of thiazole rings is 1. The number of hydrogen-bond acceptors (Lipinski definition) is 6. The molecule has 0 saturated carbocycles. The minimum absolute atomic E-state index is 0.967. The summed E-state index contributed by atoms with van der Waals surface area (Å²) in [7, 11) is 4.04. The van der Waals surface area contributed by atoms with E-state index in [2.05, 4.69) is 51.2 Å². The summed E-state index contributed by atoms with van der Waals surface area (Å²) < 4.78 is 1.27. The number of rotatable bonds is 4. The first-order chi connectivity index (χ1) is 12.7. The van der Waals surface area contributed by atoms with E-state index < -0.39 is 0 Å². The monoisotopic (exact) mass is 367 g/mol. The van der Waals surface area contributed by atoms with Crippen molar-refractivity contribution in [3.05, 3.63) is 48.2 Å². The van der Waals surface area contributed by atoms with Crippen LogP contribution in [0.15, 0.2) is 42.6 Å². The van der Waals surface area contributed by atoms with Gasteiger partial charge in [0.05, 0.1) is 10.2 Å². The van der Waals surface area contributed by atoms with Gasteiger partial charge < -0.3 is 9.80 Å². The van der Waals surface area contributed by atoms with Gasteiger partial charge in [-0.1, -0.05) is 29.5 Å². The lowest BCUT2D eigenvalue weighted by atomic mass is 10.2. The third-order valence-electron chi connectivity index (χ3n) is 4.82. The zero-order chi connectivity index (χ0) is 17.9. The summed E-state index contributed by atoms with van der Waals surface area (Å²) >= 11 is 1.80. The lowest BCUT2D eigenvalue weighted by Crippen LogP contribution is -2.30. The lowest BCUT2D eigenvalue weighted by Gasteiger charge is -2.21. The first kappa shape index (κ1) is 17.2. The Morgan fingerprint density at radius 1 is 1.04 bits per heavy atom. The second-order valence-electron chi connectivity index (χ2n) is 7.00. The standard InChI is InChI=1S/C20H25N5S/c1-23(2)19-9-8-16(14-21-19)15-24-10-5-11-25(13-12-24)20-22-17-6-3-4-7-18(17)26-20/h3-4,6-9,14H,5,10-13,15H2,1-2H3. The van der Waals surface area contributed by atoms with Crippen LogP contribution in [0.1, 0.15) is 12.0 Å². The van der Waals surface area contributed by atoms with E-state index in [1.807, 2.05) is 25.2 Å². The van der Waals surface area contributed by atoms with Gasteiger partial charge in [0.15, 0.2) is 5.13 Å². The molecule has 0 aliphatic carbocycles. The Labute approximate surface area is 158 Å². The highest BCUT2D eigenvalue weighted by atomic mass is 32.1. The summed E-state index contributed by atoms with van der Waals surface area (Å²) in [6, 6.07) is 12.7. The Morgan fingerprint density at radius 2 is 1.92 bits per heavy atom. The van der Waals surface area contributed by atoms with Gasteiger partial charge >= 0.3 is 0 Å². The minimum atomic E-state index is 0.967. The van der Waals surface area contributed by atoms with Crippen LogP contribution in [0.4, 0.5) is 10.9 Å². The van der Waals surface area contributed by atoms with Crippen LogP contribution in [-0.2, 0) is 6.54 Å². The molecule has 0 atom stereocenters. The maximum atomic E-state index is 4.82. The van der Waals surface area contributed by atoms with Crippen molar-refractivity contribution in [2.45, 2.75) is 13.0 Å². The van der Waals surface area contributed by atoms with Crippen LogP contribution in [0.5, 0.6) is 0 Å². The highest BCUT2D eigenvalue weighted by molar-refractivity contribution is 7.22. The summed E-state index contributed by atoms with van der Waals surface area (Å²) in [5.74, 6) is 1.01. The molecule has 3 aromatic rings. The lowest BCUT2D eigenvalue weighted by molar-refractivity contribution is 0.285. The van der Waals surface area contributed by atoms with E-state index in [-0.39, 0.29) is 0 Å². The summed E-state index contributed by atoms with van der Waals surface area (Å²) in [5.41, 5.74) is 2.39. The number of para-hydroxylation sites is 1. The van der Waals surface area contributed by atoms with Gasteiger partial charge in [0, 0.05) is 53.0 Å². The summed E-state index contributed by atoms with van der Waals surface area (Å²) in [4.78, 5) is 16.4. The second kappa shape index (κ2) is 7.60. The van der Waals surface area contributed by atoms with Crippen molar-refractivity contribution >= 4 is 32.5 Å². The Kier molecular flexibility index (Phi) is 5.04. The molecule has 2 aromatic heterocycles. The van der Waals surface area contributed by atoms with Crippen molar-refractivity contribution in [2.75, 3.05) is 50.1 Å². The molecule has 3 heterocycles. The van der Waals surface area contributed by atoms with E-state index >= 15 is 0 Å². The molecule has 26 heavy (non-hydrogen) atoms. The molecular weight excluding hydrogens is 342 g/mol. The average molecular weight is 368 g/mol. The quantitative estimate of drug-likeness (QED) is 0.706. The molecule has 5 nitrogen and oxygen atoms in total. The number of pyridine rings is 1. The minimum Gasteiger partial charge on any atom is -0.363 e. The van der Waals surface area contributed by atoms with E-state index in [0.717, 1.165) is 49.2 Å². The number of nitrogens with zero attached hydrogens (tertiary/aromatic N) is 5. The van der Waals surface area contributed by atoms with Gasteiger partial charge in [-0.2, -0.15) is 0 Å². The van der Waals surface area contributed by atoms with Crippen molar-refractivity contribution in [3.63, 3.8) is 0 Å². The van der Waals surface area contributed by atoms with Crippen LogP contribution in [0.2, 0.25) is 0 Å². The fourth-order valence-electron chi connectivity index (χ4n) is 3.35. The van der Waals surface area contributed by atoms with E-state index in [9.17, 15) is 0 Å². The summed E-state index contributed by atoms with van der Waals surface area (Å²) in [6.45, 7) is 5.26. The Hall–Kier alpha value is -2.18. The Bertz CT molecular complexity index is 825. The average Bonchev–Trinajstić information content (AvgIpc) is 2.95. The highest BCUT2D eigenvalue weighted by Crippen LogP contribution is 2.29. The number of aromatic nitrogens is 2. The SMILES string of the molecule is CN(C)c1ccc(CN2CCCN(c3nc4ccccc4s3)CC2)cn1. The van der Waals surface area contributed by atoms with Gasteiger partial charge in [-0.05, 0) is 30.2 Å². The smallest absolute Gasteiger partial charge is 0.186 e. The van der Waals surface area contributed by atoms with Crippen LogP contribution in [-0.4, -0.2) is 55.1 Å². The Morgan fingerprint density at radius 3 is 2.69 bits per heavy atom. The van der Waals surface area contributed by atoms with Gasteiger partial charge in [0.2, 0.25) is 0 Å². The van der Waals surface area contributed by atoms with Crippen LogP contribution in [0, 0.1) is 0 Å². The molecule has 136 valence electrons. The molecule has 1 aliphatic heterocycles. The van der Waals surface area contributed by atoms with Crippen LogP contribution in [0.3, 0.4) is 0 Å². The second-order valence-corrected chi connectivity index (χ2v) is 8.01. The summed E-state index contributed by atoms with van der Waals surface area (Å²) in [6.07, 6.45) is 3.17. The van der Waals surface area contributed by atoms with Crippen LogP contribution < -0.4 is 9.80 Å². The molecule has 0 unspecified atom stereocenters. The van der Waals surface area contributed by atoms with Crippen molar-refractivity contribution in [2.24, 2.45) is 0 Å². The van der Waals surface area contributed by atoms with Gasteiger partial charge in [0.25, 0.3) is 0 Å². The largest absolute Gasteiger partial charge is 0.363 e. The van der Waals surface area contributed by atoms with Crippen molar-refractivity contribution in [3.8, 4) is 0 Å². The molecule has 1 aromatic carbocycles. The predicted molar refractivity (Wildman–Crippen MR) is 110 cm³/mol. The molecule has 0 spiro atoms. The molecule has 1 saturated heterocycles. The molecule has 1 fully saturated rings. The third kappa shape index (κ3) is 3.81. The molecule has 0 amide bonds. The van der Waals surface area contributed by atoms with Gasteiger partial charge in [-0.3, -0.25) is 4.90 Å². The van der Waals surface area contributed by atoms with Crippen molar-refractivity contribution in [1.29, 1.82) is 0 Å². The maximum absolute atomic E-state index is 4.82. The van der Waals surface area contributed by atoms with Gasteiger partial charge in [0.1, 0.15) is 5.82 Å². The third-order valence-corrected chi connectivity index (χ3v) is 5.91. The normalized spacial score (nSPS) is 16.0. The van der Waals surface area contributed by atoms with Crippen LogP contribution >= 0.6 is 11.3 Å². The van der Waals surface area contributed by atoms with Crippen LogP contribution in [0.25, 0.3) is 10.2 Å². The summed E-state index contributed by atoms with van der Waals surface area (Å²) in [5, 5.41) is 1.16. The van der Waals surface area contributed by atoms with E-state index in [1.165, 1.54) is 16.7 Å². The van der Waals surface area contributed by atoms with E-state index in [0.29, 0.717) is 0 Å². The van der Waals surface area contributed by atoms with Crippen molar-refractivity contribution < 1.29 is 0 Å². The molecule has 4 rings (SSSR count). The molecule has 1 aliphatic rings. The molecule has 0 bridgehead atoms. The number of hydrogen-bond donors (Lipinski definition) is 0. The molecule has 0 radical (unpaired) electrons. The fourth-order valence-corrected chi connectivity index (χ4v) is 4.37. The first-order valence-electron chi connectivity index (χ1n) is 9.14. The van der Waals surface area contributed by atoms with Gasteiger partial charge in [-0.15, -0.1) is 0 Å². The molecule has 0 N–H and O–H groups in total. The zero-order valence-corrected chi connectivity index (χ0v) is 16.2. The number of anilines is 2. The first-order valence-corrected chi connectivity index (χ1v) is 9.96. The highest BCUT2D eigenvalue weighted by Gasteiger charge is 2.18. The fraction of sp³-hybridized carbons (Fsp3) is 0.400. The van der Waals surface area contributed by atoms with Gasteiger partial charge in [-0.25, -0.2) is 9.97 Å². The van der Waals surface area contributed by atoms with Crippen molar-refractivity contribution in [1.82, 2.24) is 14.9 Å². The topological polar surface area (TPSA) is 35.5 Å². The predicted octanol–water partition coefficient (Wildman–Crippen LogP) is 3.47. The molecule has 6 heteroatoms. The molecular formula is C20H25N5S. The maximum Gasteiger partial charge on any atom is 0.186 e. The number of benzene rings is 1.